The lowest BCUT2D eigenvalue weighted by Gasteiger charge is -2.39. The average Bonchev–Trinajstić information content (AvgIpc) is 2.48. The van der Waals surface area contributed by atoms with Crippen molar-refractivity contribution in [1.29, 1.82) is 0 Å². The highest BCUT2D eigenvalue weighted by Crippen LogP contribution is 2.52. The number of hydrogen-bond acceptors (Lipinski definition) is 1. The van der Waals surface area contributed by atoms with E-state index in [1.807, 2.05) is 0 Å². The summed E-state index contributed by atoms with van der Waals surface area (Å²) in [4.78, 5) is 14.5. The Labute approximate surface area is 116 Å². The van der Waals surface area contributed by atoms with Gasteiger partial charge in [0.1, 0.15) is 0 Å². The second-order valence-electron chi connectivity index (χ2n) is 7.38. The van der Waals surface area contributed by atoms with Crippen molar-refractivity contribution in [3.05, 3.63) is 0 Å². The predicted octanol–water partition coefficient (Wildman–Crippen LogP) is 3.82. The minimum Gasteiger partial charge on any atom is -0.339 e. The van der Waals surface area contributed by atoms with Crippen LogP contribution >= 0.6 is 11.6 Å². The van der Waals surface area contributed by atoms with Crippen LogP contribution in [-0.2, 0) is 4.79 Å². The van der Waals surface area contributed by atoms with E-state index in [0.29, 0.717) is 35.1 Å². The summed E-state index contributed by atoms with van der Waals surface area (Å²) in [6, 6.07) is 0.488. The summed E-state index contributed by atoms with van der Waals surface area (Å²) in [6.45, 7) is 8.02. The van der Waals surface area contributed by atoms with Gasteiger partial charge in [-0.2, -0.15) is 0 Å². The van der Waals surface area contributed by atoms with Crippen LogP contribution in [0.1, 0.15) is 59.3 Å². The first-order chi connectivity index (χ1) is 8.35. The van der Waals surface area contributed by atoms with Crippen molar-refractivity contribution in [2.75, 3.05) is 12.4 Å². The van der Waals surface area contributed by atoms with Crippen LogP contribution in [0.15, 0.2) is 0 Å². The minimum absolute atomic E-state index is 0.353. The molecule has 104 valence electrons. The van der Waals surface area contributed by atoms with Crippen molar-refractivity contribution < 1.29 is 4.79 Å². The van der Waals surface area contributed by atoms with Gasteiger partial charge in [-0.15, -0.1) is 11.6 Å². The number of halogens is 1. The number of rotatable bonds is 4. The number of amides is 1. The lowest BCUT2D eigenvalue weighted by molar-refractivity contribution is -0.132. The van der Waals surface area contributed by atoms with E-state index >= 15 is 0 Å². The van der Waals surface area contributed by atoms with Crippen LogP contribution in [0, 0.1) is 10.8 Å². The zero-order chi connectivity index (χ0) is 13.4. The van der Waals surface area contributed by atoms with Crippen LogP contribution in [-0.4, -0.2) is 29.3 Å². The van der Waals surface area contributed by atoms with Crippen molar-refractivity contribution in [1.82, 2.24) is 4.90 Å². The smallest absolute Gasteiger partial charge is 0.222 e. The Kier molecular flexibility index (Phi) is 3.96. The second kappa shape index (κ2) is 5.03. The van der Waals surface area contributed by atoms with Crippen molar-refractivity contribution in [3.8, 4) is 0 Å². The minimum atomic E-state index is 0.353. The highest BCUT2D eigenvalue weighted by atomic mass is 35.5. The van der Waals surface area contributed by atoms with Crippen LogP contribution in [0.5, 0.6) is 0 Å². The van der Waals surface area contributed by atoms with Gasteiger partial charge in [0, 0.05) is 24.9 Å². The Morgan fingerprint density at radius 1 is 1.28 bits per heavy atom. The molecule has 1 heterocycles. The quantitative estimate of drug-likeness (QED) is 0.562. The van der Waals surface area contributed by atoms with Crippen molar-refractivity contribution in [2.24, 2.45) is 10.8 Å². The molecule has 1 saturated heterocycles. The summed E-state index contributed by atoms with van der Waals surface area (Å²) < 4.78 is 0. The van der Waals surface area contributed by atoms with Gasteiger partial charge in [0.25, 0.3) is 0 Å². The fourth-order valence-electron chi connectivity index (χ4n) is 4.27. The summed E-state index contributed by atoms with van der Waals surface area (Å²) >= 11 is 5.67. The van der Waals surface area contributed by atoms with Gasteiger partial charge in [0.05, 0.1) is 0 Å². The number of nitrogens with zero attached hydrogens (tertiary/aromatic N) is 1. The monoisotopic (exact) mass is 271 g/mol. The van der Waals surface area contributed by atoms with Gasteiger partial charge >= 0.3 is 0 Å². The molecule has 1 aliphatic carbocycles. The molecule has 1 aliphatic heterocycles. The Bertz CT molecular complexity index is 328. The summed E-state index contributed by atoms with van der Waals surface area (Å²) in [5, 5.41) is 0. The van der Waals surface area contributed by atoms with Gasteiger partial charge in [0.2, 0.25) is 5.91 Å². The topological polar surface area (TPSA) is 20.3 Å². The van der Waals surface area contributed by atoms with Crippen molar-refractivity contribution in [3.63, 3.8) is 0 Å². The molecule has 2 fully saturated rings. The third-order valence-electron chi connectivity index (χ3n) is 4.51. The van der Waals surface area contributed by atoms with Crippen molar-refractivity contribution in [2.45, 2.75) is 65.3 Å². The molecule has 0 N–H and O–H groups in total. The van der Waals surface area contributed by atoms with Gasteiger partial charge < -0.3 is 4.90 Å². The molecule has 1 saturated carbocycles. The van der Waals surface area contributed by atoms with E-state index in [1.54, 1.807) is 0 Å². The Hall–Kier alpha value is -0.240. The molecule has 1 amide bonds. The zero-order valence-corrected chi connectivity index (χ0v) is 12.7. The highest BCUT2D eigenvalue weighted by Gasteiger charge is 2.50. The fraction of sp³-hybridized carbons (Fsp3) is 0.933. The fourth-order valence-corrected chi connectivity index (χ4v) is 4.45. The molecule has 18 heavy (non-hydrogen) atoms. The molecule has 0 spiro atoms. The maximum Gasteiger partial charge on any atom is 0.222 e. The molecule has 2 bridgehead atoms. The molecule has 2 atom stereocenters. The first-order valence-electron chi connectivity index (χ1n) is 7.21. The number of hydrogen-bond donors (Lipinski definition) is 0. The van der Waals surface area contributed by atoms with Gasteiger partial charge in [-0.25, -0.2) is 0 Å². The summed E-state index contributed by atoms with van der Waals surface area (Å²) in [5.41, 5.74) is 0.747. The van der Waals surface area contributed by atoms with E-state index in [9.17, 15) is 4.79 Å². The first-order valence-corrected chi connectivity index (χ1v) is 7.74. The Balaban J connectivity index is 1.98. The summed E-state index contributed by atoms with van der Waals surface area (Å²) in [7, 11) is 0. The summed E-state index contributed by atoms with van der Waals surface area (Å²) in [5.74, 6) is 1.02. The number of alkyl halides is 1. The van der Waals surface area contributed by atoms with Crippen LogP contribution < -0.4 is 0 Å². The van der Waals surface area contributed by atoms with Crippen LogP contribution in [0.2, 0.25) is 0 Å². The second-order valence-corrected chi connectivity index (χ2v) is 7.76. The van der Waals surface area contributed by atoms with E-state index in [-0.39, 0.29) is 0 Å². The van der Waals surface area contributed by atoms with E-state index < -0.39 is 0 Å². The SMILES string of the molecule is CC1(C)CC2CC(C)(CN2C(=O)CCCCCl)C1. The van der Waals surface area contributed by atoms with Gasteiger partial charge in [-0.1, -0.05) is 20.8 Å². The predicted molar refractivity (Wildman–Crippen MR) is 75.8 cm³/mol. The van der Waals surface area contributed by atoms with Crippen LogP contribution in [0.25, 0.3) is 0 Å². The molecule has 0 aromatic carbocycles. The van der Waals surface area contributed by atoms with Gasteiger partial charge in [-0.3, -0.25) is 4.79 Å². The highest BCUT2D eigenvalue weighted by molar-refractivity contribution is 6.17. The molecule has 2 rings (SSSR count). The molecular formula is C15H26ClNO. The molecule has 2 unspecified atom stereocenters. The largest absolute Gasteiger partial charge is 0.339 e. The van der Waals surface area contributed by atoms with Crippen molar-refractivity contribution >= 4 is 17.5 Å². The maximum absolute atomic E-state index is 12.3. The number of unbranched alkanes of at least 4 members (excludes halogenated alkanes) is 1. The third-order valence-corrected chi connectivity index (χ3v) is 4.78. The van der Waals surface area contributed by atoms with E-state index in [4.69, 9.17) is 11.6 Å². The average molecular weight is 272 g/mol. The van der Waals surface area contributed by atoms with Crippen LogP contribution in [0.3, 0.4) is 0 Å². The zero-order valence-electron chi connectivity index (χ0n) is 12.0. The number of carbonyl (C=O) groups excluding carboxylic acids is 1. The molecule has 2 nitrogen and oxygen atoms in total. The molecule has 2 aliphatic rings. The van der Waals surface area contributed by atoms with E-state index in [2.05, 4.69) is 25.7 Å². The Morgan fingerprint density at radius 2 is 2.00 bits per heavy atom. The molecule has 3 heteroatoms. The van der Waals surface area contributed by atoms with Gasteiger partial charge in [0.15, 0.2) is 0 Å². The normalized spacial score (nSPS) is 33.8. The standard InChI is InChI=1S/C15H26ClNO/c1-14(2)8-12-9-15(3,10-14)11-17(12)13(18)6-4-5-7-16/h12H,4-11H2,1-3H3. The number of fused-ring (bicyclic) bond motifs is 2. The lowest BCUT2D eigenvalue weighted by Crippen LogP contribution is -2.37. The number of carbonyl (C=O) groups is 1. The van der Waals surface area contributed by atoms with E-state index in [1.165, 1.54) is 19.3 Å². The molecule has 0 radical (unpaired) electrons. The van der Waals surface area contributed by atoms with Crippen LogP contribution in [0.4, 0.5) is 0 Å². The molecule has 0 aromatic heterocycles. The lowest BCUT2D eigenvalue weighted by atomic mass is 9.65. The first kappa shape index (κ1) is 14.2. The van der Waals surface area contributed by atoms with Gasteiger partial charge in [-0.05, 0) is 42.9 Å². The Morgan fingerprint density at radius 3 is 2.67 bits per heavy atom. The number of likely N-dealkylation sites (tertiary alicyclic amines) is 1. The molecule has 0 aromatic rings. The maximum atomic E-state index is 12.3. The van der Waals surface area contributed by atoms with E-state index in [0.717, 1.165) is 19.4 Å². The summed E-state index contributed by atoms with van der Waals surface area (Å²) in [6.07, 6.45) is 6.20. The molecular weight excluding hydrogens is 246 g/mol. The third kappa shape index (κ3) is 3.01.